The molecule has 2 rings (SSSR count). The molecule has 0 unspecified atom stereocenters. The lowest BCUT2D eigenvalue weighted by atomic mass is 10.2. The summed E-state index contributed by atoms with van der Waals surface area (Å²) in [6, 6.07) is 10.1. The van der Waals surface area contributed by atoms with Gasteiger partial charge in [0.15, 0.2) is 0 Å². The Balaban J connectivity index is 1.85. The summed E-state index contributed by atoms with van der Waals surface area (Å²) in [7, 11) is 1.62. The van der Waals surface area contributed by atoms with E-state index in [0.29, 0.717) is 30.3 Å². The zero-order valence-corrected chi connectivity index (χ0v) is 15.1. The second-order valence-corrected chi connectivity index (χ2v) is 6.53. The molecule has 1 amide bonds. The maximum absolute atomic E-state index is 12.6. The first-order valence-electron chi connectivity index (χ1n) is 7.51. The Kier molecular flexibility index (Phi) is 7.46. The van der Waals surface area contributed by atoms with Crippen LogP contribution < -0.4 is 4.74 Å². The number of aromatic nitrogens is 1. The lowest BCUT2D eigenvalue weighted by Crippen LogP contribution is -2.29. The van der Waals surface area contributed by atoms with Gasteiger partial charge in [0.1, 0.15) is 10.8 Å². The normalized spacial score (nSPS) is 10.8. The van der Waals surface area contributed by atoms with Gasteiger partial charge in [0.2, 0.25) is 0 Å². The molecule has 0 saturated carbocycles. The summed E-state index contributed by atoms with van der Waals surface area (Å²) in [6.07, 6.45) is 1.99. The lowest BCUT2D eigenvalue weighted by molar-refractivity contribution is 0.0783. The number of amides is 1. The average Bonchev–Trinajstić information content (AvgIpc) is 2.59. The molecule has 0 saturated heterocycles. The summed E-state index contributed by atoms with van der Waals surface area (Å²) in [5, 5.41) is 0.665. The third kappa shape index (κ3) is 6.17. The maximum Gasteiger partial charge on any atom is 0.290 e. The highest BCUT2D eigenvalue weighted by molar-refractivity contribution is 7.99. The number of halogens is 3. The number of thioether (sulfide) groups is 1. The van der Waals surface area contributed by atoms with Crippen LogP contribution in [0.3, 0.4) is 0 Å². The van der Waals surface area contributed by atoms with E-state index in [1.54, 1.807) is 37.4 Å². The monoisotopic (exact) mass is 386 g/mol. The van der Waals surface area contributed by atoms with Crippen molar-refractivity contribution in [2.24, 2.45) is 0 Å². The summed E-state index contributed by atoms with van der Waals surface area (Å²) in [5.74, 6) is -2.27. The van der Waals surface area contributed by atoms with Gasteiger partial charge in [-0.05, 0) is 54.6 Å². The second kappa shape index (κ2) is 9.58. The molecule has 1 aromatic carbocycles. The van der Waals surface area contributed by atoms with Crippen molar-refractivity contribution in [1.82, 2.24) is 9.88 Å². The second-order valence-electron chi connectivity index (χ2n) is 5.12. The van der Waals surface area contributed by atoms with Crippen LogP contribution in [0.25, 0.3) is 0 Å². The van der Waals surface area contributed by atoms with E-state index >= 15 is 0 Å². The van der Waals surface area contributed by atoms with Gasteiger partial charge in [0, 0.05) is 24.8 Å². The fourth-order valence-corrected chi connectivity index (χ4v) is 2.76. The molecule has 25 heavy (non-hydrogen) atoms. The van der Waals surface area contributed by atoms with E-state index in [0.717, 1.165) is 0 Å². The van der Waals surface area contributed by atoms with Crippen molar-refractivity contribution in [3.8, 4) is 5.75 Å². The Morgan fingerprint density at radius 2 is 2.04 bits per heavy atom. The summed E-state index contributed by atoms with van der Waals surface area (Å²) in [6.45, 7) is 0.852. The molecule has 0 bridgehead atoms. The van der Waals surface area contributed by atoms with Crippen LogP contribution in [0.4, 0.5) is 8.78 Å². The largest absolute Gasteiger partial charge is 0.494 e. The Morgan fingerprint density at radius 1 is 1.32 bits per heavy atom. The van der Waals surface area contributed by atoms with Crippen LogP contribution >= 0.6 is 23.4 Å². The Labute approximate surface area is 154 Å². The first kappa shape index (κ1) is 19.5. The Morgan fingerprint density at radius 3 is 2.72 bits per heavy atom. The molecule has 0 radical (unpaired) electrons. The number of carbonyl (C=O) groups excluding carboxylic acids is 1. The topological polar surface area (TPSA) is 42.4 Å². The number of pyridine rings is 1. The van der Waals surface area contributed by atoms with Crippen molar-refractivity contribution in [3.63, 3.8) is 0 Å². The molecule has 0 aliphatic rings. The first-order chi connectivity index (χ1) is 12.0. The van der Waals surface area contributed by atoms with Crippen molar-refractivity contribution in [3.05, 3.63) is 53.2 Å². The van der Waals surface area contributed by atoms with E-state index in [1.807, 2.05) is 0 Å². The molecule has 0 aliphatic heterocycles. The van der Waals surface area contributed by atoms with Gasteiger partial charge in [-0.15, -0.1) is 0 Å². The molecule has 134 valence electrons. The number of hydrogen-bond donors (Lipinski definition) is 0. The highest BCUT2D eigenvalue weighted by atomic mass is 35.5. The maximum atomic E-state index is 12.6. The smallest absolute Gasteiger partial charge is 0.290 e. The number of hydrogen-bond acceptors (Lipinski definition) is 4. The fraction of sp³-hybridized carbons (Fsp3) is 0.294. The fourth-order valence-electron chi connectivity index (χ4n) is 2.06. The van der Waals surface area contributed by atoms with Gasteiger partial charge in [0.25, 0.3) is 11.7 Å². The Hall–Kier alpha value is -1.86. The predicted molar refractivity (Wildman–Crippen MR) is 94.6 cm³/mol. The van der Waals surface area contributed by atoms with Crippen LogP contribution in [-0.2, 0) is 0 Å². The van der Waals surface area contributed by atoms with E-state index in [-0.39, 0.29) is 28.3 Å². The van der Waals surface area contributed by atoms with Crippen LogP contribution in [0.1, 0.15) is 16.8 Å². The molecule has 1 heterocycles. The van der Waals surface area contributed by atoms with Crippen LogP contribution in [0.2, 0.25) is 5.02 Å². The van der Waals surface area contributed by atoms with E-state index in [9.17, 15) is 13.6 Å². The number of rotatable bonds is 8. The number of ether oxygens (including phenoxy) is 1. The van der Waals surface area contributed by atoms with Gasteiger partial charge in [0.05, 0.1) is 12.2 Å². The van der Waals surface area contributed by atoms with Crippen molar-refractivity contribution in [2.75, 3.05) is 20.2 Å². The first-order valence-corrected chi connectivity index (χ1v) is 8.77. The minimum atomic E-state index is -2.63. The third-order valence-corrected chi connectivity index (χ3v) is 4.25. The van der Waals surface area contributed by atoms with Crippen molar-refractivity contribution in [2.45, 2.75) is 17.2 Å². The van der Waals surface area contributed by atoms with Crippen molar-refractivity contribution < 1.29 is 18.3 Å². The van der Waals surface area contributed by atoms with Crippen LogP contribution in [-0.4, -0.2) is 41.7 Å². The number of nitrogens with zero attached hydrogens (tertiary/aromatic N) is 2. The molecule has 1 aromatic heterocycles. The molecular formula is C17H17ClF2N2O2S. The molecular weight excluding hydrogens is 370 g/mol. The molecule has 8 heteroatoms. The third-order valence-electron chi connectivity index (χ3n) is 3.27. The standard InChI is InChI=1S/C17H17ClF2N2O2S/c1-22(10-3-11-24-13-7-5-12(18)6-8-13)16(23)14-4-2-9-21-15(14)25-17(19)20/h2,4-9,17H,3,10-11H2,1H3. The summed E-state index contributed by atoms with van der Waals surface area (Å²) < 4.78 is 30.7. The van der Waals surface area contributed by atoms with Gasteiger partial charge in [-0.25, -0.2) is 4.98 Å². The van der Waals surface area contributed by atoms with Gasteiger partial charge >= 0.3 is 0 Å². The Bertz CT molecular complexity index is 701. The average molecular weight is 387 g/mol. The minimum Gasteiger partial charge on any atom is -0.494 e. The van der Waals surface area contributed by atoms with Crippen LogP contribution in [0.15, 0.2) is 47.6 Å². The number of carbonyl (C=O) groups is 1. The molecule has 0 atom stereocenters. The quantitative estimate of drug-likeness (QED) is 0.491. The van der Waals surface area contributed by atoms with E-state index in [1.165, 1.54) is 17.2 Å². The van der Waals surface area contributed by atoms with Crippen LogP contribution in [0, 0.1) is 0 Å². The highest BCUT2D eigenvalue weighted by Crippen LogP contribution is 2.27. The van der Waals surface area contributed by atoms with Gasteiger partial charge in [-0.3, -0.25) is 4.79 Å². The van der Waals surface area contributed by atoms with Crippen molar-refractivity contribution in [1.29, 1.82) is 0 Å². The predicted octanol–water partition coefficient (Wildman–Crippen LogP) is 4.59. The summed E-state index contributed by atoms with van der Waals surface area (Å²) in [5.41, 5.74) is 0.175. The molecule has 0 aliphatic carbocycles. The van der Waals surface area contributed by atoms with Gasteiger partial charge < -0.3 is 9.64 Å². The van der Waals surface area contributed by atoms with Crippen molar-refractivity contribution >= 4 is 29.3 Å². The molecule has 0 N–H and O–H groups in total. The molecule has 2 aromatic rings. The lowest BCUT2D eigenvalue weighted by Gasteiger charge is -2.18. The van der Waals surface area contributed by atoms with E-state index < -0.39 is 5.76 Å². The van der Waals surface area contributed by atoms with Gasteiger partial charge in [-0.1, -0.05) is 11.6 Å². The molecule has 0 spiro atoms. The SMILES string of the molecule is CN(CCCOc1ccc(Cl)cc1)C(=O)c1cccnc1SC(F)F. The summed E-state index contributed by atoms with van der Waals surface area (Å²) in [4.78, 5) is 17.8. The van der Waals surface area contributed by atoms with E-state index in [2.05, 4.69) is 4.98 Å². The number of benzene rings is 1. The van der Waals surface area contributed by atoms with Gasteiger partial charge in [-0.2, -0.15) is 8.78 Å². The summed E-state index contributed by atoms with van der Waals surface area (Å²) >= 11 is 6.07. The minimum absolute atomic E-state index is 0.0340. The zero-order valence-electron chi connectivity index (χ0n) is 13.5. The van der Waals surface area contributed by atoms with Crippen LogP contribution in [0.5, 0.6) is 5.75 Å². The van der Waals surface area contributed by atoms with E-state index in [4.69, 9.17) is 16.3 Å². The molecule has 4 nitrogen and oxygen atoms in total. The highest BCUT2D eigenvalue weighted by Gasteiger charge is 2.19. The molecule has 0 fully saturated rings. The zero-order chi connectivity index (χ0) is 18.2. The number of alkyl halides is 2.